The molecule has 3 nitrogen and oxygen atoms in total. The van der Waals surface area contributed by atoms with Gasteiger partial charge in [0.25, 0.3) is 0 Å². The summed E-state index contributed by atoms with van der Waals surface area (Å²) >= 11 is 0. The predicted molar refractivity (Wildman–Crippen MR) is 39.4 cm³/mol. The molecule has 0 saturated heterocycles. The van der Waals surface area contributed by atoms with Crippen LogP contribution in [0.3, 0.4) is 0 Å². The van der Waals surface area contributed by atoms with Crippen molar-refractivity contribution in [3.63, 3.8) is 0 Å². The number of nitrogens with two attached hydrogens (primary N) is 1. The summed E-state index contributed by atoms with van der Waals surface area (Å²) in [4.78, 5) is 11.0. The standard InChI is InChI=1S/C7H14N2O/c1-2-6(8)7(10)9-5-3-4-5/h5-6H,2-4,8H2,1H3,(H,9,10). The number of nitrogens with one attached hydrogen (secondary N) is 1. The molecule has 0 aliphatic heterocycles. The van der Waals surface area contributed by atoms with Crippen LogP contribution < -0.4 is 11.1 Å². The lowest BCUT2D eigenvalue weighted by Crippen LogP contribution is -2.40. The summed E-state index contributed by atoms with van der Waals surface area (Å²) in [6.07, 6.45) is 2.98. The van der Waals surface area contributed by atoms with Crippen molar-refractivity contribution < 1.29 is 4.79 Å². The van der Waals surface area contributed by atoms with Gasteiger partial charge in [-0.15, -0.1) is 0 Å². The van der Waals surface area contributed by atoms with E-state index in [4.69, 9.17) is 5.73 Å². The Labute approximate surface area is 61.0 Å². The van der Waals surface area contributed by atoms with Crippen molar-refractivity contribution in [2.75, 3.05) is 0 Å². The van der Waals surface area contributed by atoms with Crippen LogP contribution in [0, 0.1) is 0 Å². The Kier molecular flexibility index (Phi) is 2.27. The summed E-state index contributed by atoms with van der Waals surface area (Å²) in [5, 5.41) is 2.84. The van der Waals surface area contributed by atoms with Gasteiger partial charge >= 0.3 is 0 Å². The summed E-state index contributed by atoms with van der Waals surface area (Å²) in [5.74, 6) is 0.00463. The fourth-order valence-corrected chi connectivity index (χ4v) is 0.721. The Morgan fingerprint density at radius 2 is 2.40 bits per heavy atom. The molecule has 10 heavy (non-hydrogen) atoms. The second-order valence-electron chi connectivity index (χ2n) is 2.80. The molecule has 0 radical (unpaired) electrons. The number of hydrogen-bond donors (Lipinski definition) is 2. The van der Waals surface area contributed by atoms with Crippen LogP contribution in [0.2, 0.25) is 0 Å². The molecular weight excluding hydrogens is 128 g/mol. The Bertz CT molecular complexity index is 132. The first-order valence-electron chi connectivity index (χ1n) is 3.80. The maximum atomic E-state index is 11.0. The Hall–Kier alpha value is -0.570. The first-order valence-corrected chi connectivity index (χ1v) is 3.80. The van der Waals surface area contributed by atoms with Gasteiger partial charge in [-0.3, -0.25) is 4.79 Å². The highest BCUT2D eigenvalue weighted by Gasteiger charge is 2.24. The maximum absolute atomic E-state index is 11.0. The summed E-state index contributed by atoms with van der Waals surface area (Å²) in [5.41, 5.74) is 5.48. The number of carbonyl (C=O) groups excluding carboxylic acids is 1. The Morgan fingerprint density at radius 3 is 2.80 bits per heavy atom. The molecule has 3 heteroatoms. The third kappa shape index (κ3) is 1.99. The summed E-state index contributed by atoms with van der Waals surface area (Å²) < 4.78 is 0. The van der Waals surface area contributed by atoms with E-state index in [1.807, 2.05) is 6.92 Å². The van der Waals surface area contributed by atoms with Crippen LogP contribution >= 0.6 is 0 Å². The smallest absolute Gasteiger partial charge is 0.237 e. The monoisotopic (exact) mass is 142 g/mol. The molecule has 0 aromatic carbocycles. The number of amides is 1. The fraction of sp³-hybridized carbons (Fsp3) is 0.857. The molecule has 58 valence electrons. The number of rotatable bonds is 3. The van der Waals surface area contributed by atoms with Crippen LogP contribution in [0.15, 0.2) is 0 Å². The lowest BCUT2D eigenvalue weighted by Gasteiger charge is -2.07. The van der Waals surface area contributed by atoms with Gasteiger partial charge in [0.2, 0.25) is 5.91 Å². The molecule has 0 bridgehead atoms. The van der Waals surface area contributed by atoms with Gasteiger partial charge in [-0.2, -0.15) is 0 Å². The van der Waals surface area contributed by atoms with Gasteiger partial charge in [0.15, 0.2) is 0 Å². The zero-order chi connectivity index (χ0) is 7.56. The lowest BCUT2D eigenvalue weighted by molar-refractivity contribution is -0.122. The second-order valence-corrected chi connectivity index (χ2v) is 2.80. The average Bonchev–Trinajstić information content (AvgIpc) is 2.70. The number of carbonyl (C=O) groups is 1. The molecule has 1 atom stereocenters. The first-order chi connectivity index (χ1) is 4.74. The highest BCUT2D eigenvalue weighted by molar-refractivity contribution is 5.81. The molecule has 1 rings (SSSR count). The van der Waals surface area contributed by atoms with Crippen molar-refractivity contribution in [2.45, 2.75) is 38.3 Å². The molecule has 1 fully saturated rings. The summed E-state index contributed by atoms with van der Waals surface area (Å²) in [6, 6.07) is 0.130. The highest BCUT2D eigenvalue weighted by Crippen LogP contribution is 2.18. The van der Waals surface area contributed by atoms with Gasteiger partial charge in [-0.25, -0.2) is 0 Å². The van der Waals surface area contributed by atoms with Crippen molar-refractivity contribution in [1.29, 1.82) is 0 Å². The van der Waals surface area contributed by atoms with Crippen molar-refractivity contribution in [3.05, 3.63) is 0 Å². The molecule has 1 amide bonds. The Balaban J connectivity index is 2.18. The van der Waals surface area contributed by atoms with Crippen molar-refractivity contribution in [3.8, 4) is 0 Å². The van der Waals surface area contributed by atoms with E-state index in [0.717, 1.165) is 19.3 Å². The van der Waals surface area contributed by atoms with E-state index in [2.05, 4.69) is 5.32 Å². The van der Waals surface area contributed by atoms with Gasteiger partial charge in [-0.05, 0) is 19.3 Å². The van der Waals surface area contributed by atoms with Gasteiger partial charge < -0.3 is 11.1 Å². The van der Waals surface area contributed by atoms with Crippen LogP contribution in [0.25, 0.3) is 0 Å². The van der Waals surface area contributed by atoms with Gasteiger partial charge in [0.1, 0.15) is 0 Å². The van der Waals surface area contributed by atoms with E-state index in [0.29, 0.717) is 6.04 Å². The zero-order valence-electron chi connectivity index (χ0n) is 6.26. The van der Waals surface area contributed by atoms with Crippen LogP contribution in [-0.4, -0.2) is 18.0 Å². The molecule has 3 N–H and O–H groups in total. The SMILES string of the molecule is CCC(N)C(=O)NC1CC1. The van der Waals surface area contributed by atoms with Gasteiger partial charge in [0, 0.05) is 6.04 Å². The molecule has 0 aromatic rings. The fourth-order valence-electron chi connectivity index (χ4n) is 0.721. The van der Waals surface area contributed by atoms with Crippen LogP contribution in [0.4, 0.5) is 0 Å². The van der Waals surface area contributed by atoms with E-state index in [1.54, 1.807) is 0 Å². The molecule has 0 aromatic heterocycles. The van der Waals surface area contributed by atoms with Crippen molar-refractivity contribution >= 4 is 5.91 Å². The third-order valence-electron chi connectivity index (χ3n) is 1.70. The maximum Gasteiger partial charge on any atom is 0.237 e. The quantitative estimate of drug-likeness (QED) is 0.583. The summed E-state index contributed by atoms with van der Waals surface area (Å²) in [6.45, 7) is 1.91. The van der Waals surface area contributed by atoms with E-state index in [1.165, 1.54) is 0 Å². The minimum absolute atomic E-state index is 0.00463. The topological polar surface area (TPSA) is 55.1 Å². The molecule has 0 spiro atoms. The van der Waals surface area contributed by atoms with E-state index < -0.39 is 0 Å². The van der Waals surface area contributed by atoms with Crippen LogP contribution in [-0.2, 0) is 4.79 Å². The molecule has 1 saturated carbocycles. The Morgan fingerprint density at radius 1 is 1.80 bits per heavy atom. The molecule has 1 aliphatic carbocycles. The van der Waals surface area contributed by atoms with Crippen LogP contribution in [0.5, 0.6) is 0 Å². The minimum atomic E-state index is -0.305. The normalized spacial score (nSPS) is 20.2. The predicted octanol–water partition coefficient (Wildman–Crippen LogP) is 0.00230. The molecule has 1 unspecified atom stereocenters. The third-order valence-corrected chi connectivity index (χ3v) is 1.70. The molecule has 0 heterocycles. The zero-order valence-corrected chi connectivity index (χ0v) is 6.26. The van der Waals surface area contributed by atoms with E-state index >= 15 is 0 Å². The minimum Gasteiger partial charge on any atom is -0.352 e. The number of hydrogen-bond acceptors (Lipinski definition) is 2. The van der Waals surface area contributed by atoms with Gasteiger partial charge in [0.05, 0.1) is 6.04 Å². The van der Waals surface area contributed by atoms with Crippen LogP contribution in [0.1, 0.15) is 26.2 Å². The van der Waals surface area contributed by atoms with Gasteiger partial charge in [-0.1, -0.05) is 6.92 Å². The van der Waals surface area contributed by atoms with E-state index in [9.17, 15) is 4.79 Å². The first kappa shape index (κ1) is 7.54. The highest BCUT2D eigenvalue weighted by atomic mass is 16.2. The van der Waals surface area contributed by atoms with Crippen molar-refractivity contribution in [1.82, 2.24) is 5.32 Å². The molecule has 1 aliphatic rings. The molecular formula is C7H14N2O. The average molecular weight is 142 g/mol. The van der Waals surface area contributed by atoms with Crippen molar-refractivity contribution in [2.24, 2.45) is 5.73 Å². The summed E-state index contributed by atoms with van der Waals surface area (Å²) in [7, 11) is 0. The largest absolute Gasteiger partial charge is 0.352 e. The lowest BCUT2D eigenvalue weighted by atomic mass is 10.2. The van der Waals surface area contributed by atoms with E-state index in [-0.39, 0.29) is 11.9 Å². The second kappa shape index (κ2) is 3.01.